The van der Waals surface area contributed by atoms with E-state index in [4.69, 9.17) is 5.26 Å². The van der Waals surface area contributed by atoms with Gasteiger partial charge in [0.05, 0.1) is 11.6 Å². The average molecular weight is 175 g/mol. The number of aryl methyl sites for hydroxylation is 1. The van der Waals surface area contributed by atoms with Gasteiger partial charge >= 0.3 is 0 Å². The number of benzene rings is 1. The molecule has 1 nitrogen and oxygen atoms in total. The van der Waals surface area contributed by atoms with Gasteiger partial charge in [0.25, 0.3) is 0 Å². The zero-order valence-electron chi connectivity index (χ0n) is 7.31. The van der Waals surface area contributed by atoms with Crippen LogP contribution in [0.2, 0.25) is 0 Å². The van der Waals surface area contributed by atoms with Crippen molar-refractivity contribution in [3.63, 3.8) is 0 Å². The predicted octanol–water partition coefficient (Wildman–Crippen LogP) is 2.58. The van der Waals surface area contributed by atoms with Gasteiger partial charge in [-0.15, -0.1) is 0 Å². The van der Waals surface area contributed by atoms with Crippen LogP contribution in [0.15, 0.2) is 12.1 Å². The van der Waals surface area contributed by atoms with Crippen molar-refractivity contribution < 1.29 is 4.39 Å². The lowest BCUT2D eigenvalue weighted by Crippen LogP contribution is -2.05. The third kappa shape index (κ3) is 1.42. The number of hydrogen-bond acceptors (Lipinski definition) is 1. The van der Waals surface area contributed by atoms with Crippen LogP contribution in [-0.4, -0.2) is 0 Å². The molecule has 13 heavy (non-hydrogen) atoms. The highest BCUT2D eigenvalue weighted by Crippen LogP contribution is 2.25. The van der Waals surface area contributed by atoms with Crippen LogP contribution in [0.3, 0.4) is 0 Å². The molecule has 1 aliphatic rings. The van der Waals surface area contributed by atoms with Crippen molar-refractivity contribution in [3.05, 3.63) is 34.6 Å². The summed E-state index contributed by atoms with van der Waals surface area (Å²) in [6.07, 6.45) is 4.08. The molecular weight excluding hydrogens is 165 g/mol. The van der Waals surface area contributed by atoms with Gasteiger partial charge in [0.1, 0.15) is 5.82 Å². The normalized spacial score (nSPS) is 14.8. The average Bonchev–Trinajstić information content (AvgIpc) is 2.16. The fourth-order valence-corrected chi connectivity index (χ4v) is 1.93. The van der Waals surface area contributed by atoms with Crippen molar-refractivity contribution in [2.24, 2.45) is 0 Å². The molecule has 0 fully saturated rings. The number of rotatable bonds is 0. The molecule has 1 aliphatic carbocycles. The van der Waals surface area contributed by atoms with E-state index in [1.807, 2.05) is 0 Å². The first-order chi connectivity index (χ1) is 6.31. The minimum Gasteiger partial charge on any atom is -0.207 e. The lowest BCUT2D eigenvalue weighted by atomic mass is 9.88. The minimum atomic E-state index is -0.280. The molecule has 0 N–H and O–H groups in total. The molecule has 0 saturated heterocycles. The van der Waals surface area contributed by atoms with E-state index in [9.17, 15) is 4.39 Å². The molecule has 0 atom stereocenters. The number of nitrogens with zero attached hydrogens (tertiary/aromatic N) is 1. The van der Waals surface area contributed by atoms with Crippen molar-refractivity contribution in [1.29, 1.82) is 5.26 Å². The first-order valence-corrected chi connectivity index (χ1v) is 4.52. The van der Waals surface area contributed by atoms with Gasteiger partial charge in [-0.1, -0.05) is 0 Å². The Hall–Kier alpha value is -1.36. The van der Waals surface area contributed by atoms with E-state index in [1.165, 1.54) is 6.07 Å². The zero-order chi connectivity index (χ0) is 9.26. The third-order valence-electron chi connectivity index (χ3n) is 2.55. The van der Waals surface area contributed by atoms with E-state index in [2.05, 4.69) is 6.07 Å². The Bertz CT molecular complexity index is 376. The van der Waals surface area contributed by atoms with Gasteiger partial charge in [-0.2, -0.15) is 5.26 Å². The maximum absolute atomic E-state index is 13.0. The number of nitriles is 1. The summed E-state index contributed by atoms with van der Waals surface area (Å²) in [5.41, 5.74) is 2.62. The number of hydrogen-bond donors (Lipinski definition) is 0. The maximum Gasteiger partial charge on any atom is 0.124 e. The minimum absolute atomic E-state index is 0.280. The monoisotopic (exact) mass is 175 g/mol. The molecular formula is C11H10FN. The summed E-state index contributed by atoms with van der Waals surface area (Å²) < 4.78 is 13.0. The molecule has 0 aliphatic heterocycles. The molecule has 0 heterocycles. The Labute approximate surface area is 76.8 Å². The number of halogens is 1. The fourth-order valence-electron chi connectivity index (χ4n) is 1.93. The summed E-state index contributed by atoms with van der Waals surface area (Å²) in [4.78, 5) is 0. The van der Waals surface area contributed by atoms with Crippen LogP contribution in [0.4, 0.5) is 4.39 Å². The Morgan fingerprint density at radius 3 is 2.77 bits per heavy atom. The molecule has 2 heteroatoms. The molecule has 0 aromatic heterocycles. The molecule has 1 aromatic carbocycles. The highest BCUT2D eigenvalue weighted by Gasteiger charge is 2.14. The molecule has 0 radical (unpaired) electrons. The molecule has 0 saturated carbocycles. The summed E-state index contributed by atoms with van der Waals surface area (Å²) in [5.74, 6) is -0.280. The summed E-state index contributed by atoms with van der Waals surface area (Å²) in [6.45, 7) is 0. The molecule has 66 valence electrons. The molecule has 0 amide bonds. The lowest BCUT2D eigenvalue weighted by molar-refractivity contribution is 0.613. The first-order valence-electron chi connectivity index (χ1n) is 4.52. The summed E-state index contributed by atoms with van der Waals surface area (Å²) in [7, 11) is 0. The molecule has 0 spiro atoms. The Morgan fingerprint density at radius 1 is 1.23 bits per heavy atom. The van der Waals surface area contributed by atoms with Crippen LogP contribution < -0.4 is 0 Å². The van der Waals surface area contributed by atoms with Crippen LogP contribution in [0.1, 0.15) is 29.5 Å². The number of fused-ring (bicyclic) bond motifs is 1. The van der Waals surface area contributed by atoms with Gasteiger partial charge < -0.3 is 0 Å². The van der Waals surface area contributed by atoms with Crippen molar-refractivity contribution in [3.8, 4) is 6.07 Å². The van der Waals surface area contributed by atoms with Gasteiger partial charge in [-0.3, -0.25) is 0 Å². The Morgan fingerprint density at radius 2 is 2.00 bits per heavy atom. The zero-order valence-corrected chi connectivity index (χ0v) is 7.31. The van der Waals surface area contributed by atoms with Gasteiger partial charge in [0, 0.05) is 0 Å². The highest BCUT2D eigenvalue weighted by molar-refractivity contribution is 5.44. The van der Waals surface area contributed by atoms with E-state index in [-0.39, 0.29) is 5.82 Å². The van der Waals surface area contributed by atoms with E-state index in [0.717, 1.165) is 36.8 Å². The van der Waals surface area contributed by atoms with E-state index in [1.54, 1.807) is 6.07 Å². The lowest BCUT2D eigenvalue weighted by Gasteiger charge is -2.16. The quantitative estimate of drug-likeness (QED) is 0.594. The summed E-state index contributed by atoms with van der Waals surface area (Å²) in [6, 6.07) is 4.96. The van der Waals surface area contributed by atoms with Crippen molar-refractivity contribution in [2.45, 2.75) is 25.7 Å². The van der Waals surface area contributed by atoms with Crippen molar-refractivity contribution in [1.82, 2.24) is 0 Å². The van der Waals surface area contributed by atoms with Crippen molar-refractivity contribution >= 4 is 0 Å². The van der Waals surface area contributed by atoms with Gasteiger partial charge in [-0.25, -0.2) is 4.39 Å². The second kappa shape index (κ2) is 3.18. The van der Waals surface area contributed by atoms with E-state index < -0.39 is 0 Å². The van der Waals surface area contributed by atoms with E-state index in [0.29, 0.717) is 5.56 Å². The largest absolute Gasteiger partial charge is 0.207 e. The molecule has 2 rings (SSSR count). The van der Waals surface area contributed by atoms with E-state index >= 15 is 0 Å². The highest BCUT2D eigenvalue weighted by atomic mass is 19.1. The summed E-state index contributed by atoms with van der Waals surface area (Å²) >= 11 is 0. The predicted molar refractivity (Wildman–Crippen MR) is 47.8 cm³/mol. The third-order valence-corrected chi connectivity index (χ3v) is 2.55. The topological polar surface area (TPSA) is 23.8 Å². The maximum atomic E-state index is 13.0. The molecule has 0 bridgehead atoms. The van der Waals surface area contributed by atoms with Crippen molar-refractivity contribution in [2.75, 3.05) is 0 Å². The van der Waals surface area contributed by atoms with Gasteiger partial charge in [0.15, 0.2) is 0 Å². The van der Waals surface area contributed by atoms with Crippen LogP contribution in [0.5, 0.6) is 0 Å². The van der Waals surface area contributed by atoms with Crippen LogP contribution in [-0.2, 0) is 12.8 Å². The second-order valence-corrected chi connectivity index (χ2v) is 3.41. The van der Waals surface area contributed by atoms with Crippen LogP contribution >= 0.6 is 0 Å². The van der Waals surface area contributed by atoms with Crippen LogP contribution in [0.25, 0.3) is 0 Å². The first kappa shape index (κ1) is 8.25. The smallest absolute Gasteiger partial charge is 0.124 e. The standard InChI is InChI=1S/C11H10FN/c12-10-5-8-3-1-2-4-11(8)9(6-10)7-13/h5-6H,1-4H2. The molecule has 1 aromatic rings. The molecule has 0 unspecified atom stereocenters. The Balaban J connectivity index is 2.58. The van der Waals surface area contributed by atoms with Crippen LogP contribution in [0, 0.1) is 17.1 Å². The SMILES string of the molecule is N#Cc1cc(F)cc2c1CCCC2. The summed E-state index contributed by atoms with van der Waals surface area (Å²) in [5, 5.41) is 8.80. The Kier molecular flexibility index (Phi) is 2.02. The fraction of sp³-hybridized carbons (Fsp3) is 0.364. The van der Waals surface area contributed by atoms with Gasteiger partial charge in [0.2, 0.25) is 0 Å². The second-order valence-electron chi connectivity index (χ2n) is 3.41. The van der Waals surface area contributed by atoms with Gasteiger partial charge in [-0.05, 0) is 48.9 Å².